The van der Waals surface area contributed by atoms with Crippen LogP contribution in [0.25, 0.3) is 0 Å². The molecule has 0 saturated heterocycles. The maximum atomic E-state index is 12.1. The first-order chi connectivity index (χ1) is 9.55. The van der Waals surface area contributed by atoms with E-state index < -0.39 is 11.4 Å². The Balaban J connectivity index is 4.24. The normalized spacial score (nSPS) is 11.3. The minimum atomic E-state index is -0.858. The van der Waals surface area contributed by atoms with Crippen molar-refractivity contribution in [1.29, 1.82) is 0 Å². The molecule has 0 spiro atoms. The van der Waals surface area contributed by atoms with E-state index in [4.69, 9.17) is 5.11 Å². The van der Waals surface area contributed by atoms with Crippen molar-refractivity contribution in [3.63, 3.8) is 0 Å². The molecule has 2 amide bonds. The monoisotopic (exact) mass is 300 g/mol. The first-order valence-corrected chi connectivity index (χ1v) is 7.35. The van der Waals surface area contributed by atoms with Gasteiger partial charge in [0.2, 0.25) is 11.8 Å². The number of rotatable bonds is 8. The molecule has 0 aromatic rings. The van der Waals surface area contributed by atoms with Crippen LogP contribution in [0.2, 0.25) is 0 Å². The number of aliphatic carboxylic acids is 1. The van der Waals surface area contributed by atoms with E-state index in [1.54, 1.807) is 4.90 Å². The lowest BCUT2D eigenvalue weighted by Gasteiger charge is -2.27. The molecule has 0 fully saturated rings. The van der Waals surface area contributed by atoms with Crippen LogP contribution in [0.5, 0.6) is 0 Å². The summed E-state index contributed by atoms with van der Waals surface area (Å²) in [7, 11) is 0. The van der Waals surface area contributed by atoms with E-state index in [0.717, 1.165) is 0 Å². The predicted octanol–water partition coefficient (Wildman–Crippen LogP) is 1.64. The molecule has 6 nitrogen and oxygen atoms in total. The zero-order valence-corrected chi connectivity index (χ0v) is 13.7. The SMILES string of the molecule is CC(C)N(CCCC(=O)O)C(=O)CCNC(=O)C(C)(C)C. The molecule has 6 heteroatoms. The Kier molecular flexibility index (Phi) is 7.99. The van der Waals surface area contributed by atoms with Crippen molar-refractivity contribution in [2.45, 2.75) is 59.9 Å². The van der Waals surface area contributed by atoms with Gasteiger partial charge < -0.3 is 15.3 Å². The third-order valence-corrected chi connectivity index (χ3v) is 3.04. The Bertz CT molecular complexity index is 372. The lowest BCUT2D eigenvalue weighted by Crippen LogP contribution is -2.41. The van der Waals surface area contributed by atoms with Crippen molar-refractivity contribution in [2.24, 2.45) is 5.41 Å². The molecule has 0 rings (SSSR count). The highest BCUT2D eigenvalue weighted by molar-refractivity contribution is 5.82. The van der Waals surface area contributed by atoms with Crippen LogP contribution >= 0.6 is 0 Å². The Morgan fingerprint density at radius 3 is 2.14 bits per heavy atom. The fourth-order valence-corrected chi connectivity index (χ4v) is 1.76. The molecule has 0 atom stereocenters. The minimum Gasteiger partial charge on any atom is -0.481 e. The van der Waals surface area contributed by atoms with Crippen molar-refractivity contribution >= 4 is 17.8 Å². The van der Waals surface area contributed by atoms with Crippen molar-refractivity contribution in [3.05, 3.63) is 0 Å². The molecular formula is C15H28N2O4. The molecule has 0 heterocycles. The number of hydrogen-bond donors (Lipinski definition) is 2. The molecule has 21 heavy (non-hydrogen) atoms. The van der Waals surface area contributed by atoms with E-state index in [-0.39, 0.29) is 30.7 Å². The molecule has 2 N–H and O–H groups in total. The summed E-state index contributed by atoms with van der Waals surface area (Å²) >= 11 is 0. The number of hydrogen-bond acceptors (Lipinski definition) is 3. The number of nitrogens with one attached hydrogen (secondary N) is 1. The number of carbonyl (C=O) groups is 3. The van der Waals surface area contributed by atoms with Gasteiger partial charge in [-0.2, -0.15) is 0 Å². The second kappa shape index (κ2) is 8.64. The van der Waals surface area contributed by atoms with Crippen LogP contribution in [-0.2, 0) is 14.4 Å². The van der Waals surface area contributed by atoms with Gasteiger partial charge >= 0.3 is 5.97 Å². The fourth-order valence-electron chi connectivity index (χ4n) is 1.76. The van der Waals surface area contributed by atoms with Gasteiger partial charge in [-0.3, -0.25) is 14.4 Å². The number of carboxylic acid groups (broad SMARTS) is 1. The molecule has 0 unspecified atom stereocenters. The quantitative estimate of drug-likeness (QED) is 0.713. The van der Waals surface area contributed by atoms with Crippen molar-refractivity contribution in [3.8, 4) is 0 Å². The van der Waals surface area contributed by atoms with Crippen molar-refractivity contribution in [2.75, 3.05) is 13.1 Å². The zero-order chi connectivity index (χ0) is 16.6. The first kappa shape index (κ1) is 19.4. The summed E-state index contributed by atoms with van der Waals surface area (Å²) in [5, 5.41) is 11.4. The Morgan fingerprint density at radius 1 is 1.14 bits per heavy atom. The maximum Gasteiger partial charge on any atom is 0.303 e. The van der Waals surface area contributed by atoms with Gasteiger partial charge in [0.1, 0.15) is 0 Å². The van der Waals surface area contributed by atoms with E-state index in [2.05, 4.69) is 5.32 Å². The van der Waals surface area contributed by atoms with Gasteiger partial charge in [0.15, 0.2) is 0 Å². The summed E-state index contributed by atoms with van der Waals surface area (Å²) in [6.07, 6.45) is 0.720. The van der Waals surface area contributed by atoms with E-state index in [1.807, 2.05) is 34.6 Å². The van der Waals surface area contributed by atoms with Gasteiger partial charge in [-0.05, 0) is 20.3 Å². The lowest BCUT2D eigenvalue weighted by atomic mass is 9.96. The number of carboxylic acids is 1. The van der Waals surface area contributed by atoms with Crippen LogP contribution in [0, 0.1) is 5.41 Å². The molecule has 0 saturated carbocycles. The van der Waals surface area contributed by atoms with Crippen LogP contribution < -0.4 is 5.32 Å². The number of carbonyl (C=O) groups excluding carboxylic acids is 2. The summed E-state index contributed by atoms with van der Waals surface area (Å²) in [4.78, 5) is 36.0. The topological polar surface area (TPSA) is 86.7 Å². The van der Waals surface area contributed by atoms with Gasteiger partial charge in [0.25, 0.3) is 0 Å². The molecule has 0 aliphatic carbocycles. The minimum absolute atomic E-state index is 0.0182. The molecule has 0 radical (unpaired) electrons. The van der Waals surface area contributed by atoms with E-state index in [0.29, 0.717) is 19.5 Å². The molecule has 0 aromatic heterocycles. The van der Waals surface area contributed by atoms with Crippen LogP contribution in [0.4, 0.5) is 0 Å². The molecular weight excluding hydrogens is 272 g/mol. The largest absolute Gasteiger partial charge is 0.481 e. The highest BCUT2D eigenvalue weighted by Gasteiger charge is 2.22. The van der Waals surface area contributed by atoms with Crippen molar-refractivity contribution < 1.29 is 19.5 Å². The zero-order valence-electron chi connectivity index (χ0n) is 13.7. The Morgan fingerprint density at radius 2 is 1.71 bits per heavy atom. The van der Waals surface area contributed by atoms with Crippen LogP contribution in [0.1, 0.15) is 53.9 Å². The third-order valence-electron chi connectivity index (χ3n) is 3.04. The van der Waals surface area contributed by atoms with E-state index >= 15 is 0 Å². The summed E-state index contributed by atoms with van der Waals surface area (Å²) in [6, 6.07) is 0.0182. The predicted molar refractivity (Wildman–Crippen MR) is 80.8 cm³/mol. The van der Waals surface area contributed by atoms with Crippen molar-refractivity contribution in [1.82, 2.24) is 10.2 Å². The first-order valence-electron chi connectivity index (χ1n) is 7.35. The second-order valence-corrected chi connectivity index (χ2v) is 6.43. The highest BCUT2D eigenvalue weighted by atomic mass is 16.4. The summed E-state index contributed by atoms with van der Waals surface area (Å²) in [5.74, 6) is -1.01. The smallest absolute Gasteiger partial charge is 0.303 e. The molecule has 0 aromatic carbocycles. The Hall–Kier alpha value is -1.59. The standard InChI is InChI=1S/C15H28N2O4/c1-11(2)17(10-6-7-13(19)20)12(18)8-9-16-14(21)15(3,4)5/h11H,6-10H2,1-5H3,(H,16,21)(H,19,20). The average Bonchev–Trinajstić information content (AvgIpc) is 2.32. The Labute approximate surface area is 126 Å². The number of amides is 2. The average molecular weight is 300 g/mol. The van der Waals surface area contributed by atoms with E-state index in [1.165, 1.54) is 0 Å². The maximum absolute atomic E-state index is 12.1. The second-order valence-electron chi connectivity index (χ2n) is 6.43. The fraction of sp³-hybridized carbons (Fsp3) is 0.800. The lowest BCUT2D eigenvalue weighted by molar-refractivity contribution is -0.138. The highest BCUT2D eigenvalue weighted by Crippen LogP contribution is 2.12. The summed E-state index contributed by atoms with van der Waals surface area (Å²) in [6.45, 7) is 9.97. The van der Waals surface area contributed by atoms with Crippen LogP contribution in [-0.4, -0.2) is 46.9 Å². The summed E-state index contributed by atoms with van der Waals surface area (Å²) < 4.78 is 0. The van der Waals surface area contributed by atoms with Crippen LogP contribution in [0.15, 0.2) is 0 Å². The molecule has 0 aliphatic heterocycles. The van der Waals surface area contributed by atoms with Gasteiger partial charge in [-0.25, -0.2) is 0 Å². The summed E-state index contributed by atoms with van der Waals surface area (Å²) in [5.41, 5.74) is -0.470. The molecule has 122 valence electrons. The third kappa shape index (κ3) is 8.32. The van der Waals surface area contributed by atoms with Gasteiger partial charge in [-0.1, -0.05) is 20.8 Å². The molecule has 0 bridgehead atoms. The van der Waals surface area contributed by atoms with Gasteiger partial charge in [0.05, 0.1) is 0 Å². The number of nitrogens with zero attached hydrogens (tertiary/aromatic N) is 1. The van der Waals surface area contributed by atoms with E-state index in [9.17, 15) is 14.4 Å². The van der Waals surface area contributed by atoms with Gasteiger partial charge in [0, 0.05) is 37.4 Å². The molecule has 0 aliphatic rings. The van der Waals surface area contributed by atoms with Crippen LogP contribution in [0.3, 0.4) is 0 Å². The van der Waals surface area contributed by atoms with Gasteiger partial charge in [-0.15, -0.1) is 0 Å².